The Balaban J connectivity index is 1.92. The van der Waals surface area contributed by atoms with E-state index in [1.807, 2.05) is 39.8 Å². The van der Waals surface area contributed by atoms with Gasteiger partial charge in [-0.3, -0.25) is 4.79 Å². The average molecular weight is 428 g/mol. The van der Waals surface area contributed by atoms with Crippen LogP contribution >= 0.6 is 0 Å². The fourth-order valence-corrected chi connectivity index (χ4v) is 3.03. The number of esters is 1. The molecule has 1 atom stereocenters. The number of carbonyl (C=O) groups is 1. The van der Waals surface area contributed by atoms with Crippen LogP contribution in [0.15, 0.2) is 24.3 Å². The minimum Gasteiger partial charge on any atom is -0.427 e. The number of aliphatic hydroxyl groups excluding tert-OH is 1. The molecule has 3 aromatic rings. The Hall–Kier alpha value is -3.27. The minimum atomic E-state index is -0.368. The molecule has 31 heavy (non-hydrogen) atoms. The molecule has 10 nitrogen and oxygen atoms in total. The summed E-state index contributed by atoms with van der Waals surface area (Å²) in [6.07, 6.45) is 0. The van der Waals surface area contributed by atoms with Crippen molar-refractivity contribution in [2.75, 3.05) is 17.2 Å². The maximum atomic E-state index is 11.2. The van der Waals surface area contributed by atoms with Gasteiger partial charge >= 0.3 is 5.97 Å². The first-order chi connectivity index (χ1) is 14.8. The number of nitrogens with zero attached hydrogens (tertiary/aromatic N) is 5. The van der Waals surface area contributed by atoms with Crippen LogP contribution in [0.3, 0.4) is 0 Å². The smallest absolute Gasteiger partial charge is 0.308 e. The van der Waals surface area contributed by atoms with Crippen LogP contribution < -0.4 is 15.4 Å². The highest BCUT2D eigenvalue weighted by atomic mass is 16.5. The van der Waals surface area contributed by atoms with E-state index < -0.39 is 0 Å². The SMILES string of the molecule is CC(=O)Oc1cccc(CNc2nc(N[C@@H](CO)C(C)C)nc3c2nnn3C(C)C)c1. The zero-order chi connectivity index (χ0) is 22.5. The molecule has 0 fully saturated rings. The topological polar surface area (TPSA) is 127 Å². The largest absolute Gasteiger partial charge is 0.427 e. The van der Waals surface area contributed by atoms with E-state index in [4.69, 9.17) is 4.74 Å². The number of ether oxygens (including phenoxy) is 1. The minimum absolute atomic E-state index is 0.0353. The molecule has 0 spiro atoms. The van der Waals surface area contributed by atoms with Gasteiger partial charge in [0.05, 0.1) is 18.7 Å². The predicted octanol–water partition coefficient (Wildman–Crippen LogP) is 2.77. The molecule has 1 aromatic carbocycles. The van der Waals surface area contributed by atoms with E-state index in [1.54, 1.807) is 16.8 Å². The molecule has 10 heteroatoms. The van der Waals surface area contributed by atoms with Crippen molar-refractivity contribution in [3.8, 4) is 5.75 Å². The van der Waals surface area contributed by atoms with Crippen molar-refractivity contribution in [2.45, 2.75) is 53.2 Å². The lowest BCUT2D eigenvalue weighted by atomic mass is 10.1. The van der Waals surface area contributed by atoms with Gasteiger partial charge in [0.1, 0.15) is 5.75 Å². The van der Waals surface area contributed by atoms with E-state index in [0.717, 1.165) is 5.56 Å². The van der Waals surface area contributed by atoms with Crippen molar-refractivity contribution < 1.29 is 14.6 Å². The molecule has 2 aromatic heterocycles. The number of hydrogen-bond donors (Lipinski definition) is 3. The van der Waals surface area contributed by atoms with E-state index in [0.29, 0.717) is 35.2 Å². The van der Waals surface area contributed by atoms with Crippen molar-refractivity contribution in [1.29, 1.82) is 0 Å². The Morgan fingerprint density at radius 2 is 2.00 bits per heavy atom. The maximum absolute atomic E-state index is 11.2. The number of benzene rings is 1. The summed E-state index contributed by atoms with van der Waals surface area (Å²) in [5, 5.41) is 24.7. The van der Waals surface area contributed by atoms with Crippen molar-refractivity contribution in [3.05, 3.63) is 29.8 Å². The van der Waals surface area contributed by atoms with E-state index in [1.165, 1.54) is 6.92 Å². The summed E-state index contributed by atoms with van der Waals surface area (Å²) >= 11 is 0. The maximum Gasteiger partial charge on any atom is 0.308 e. The molecule has 0 aliphatic rings. The van der Waals surface area contributed by atoms with Crippen molar-refractivity contribution >= 4 is 28.9 Å². The summed E-state index contributed by atoms with van der Waals surface area (Å²) in [6.45, 7) is 9.80. The lowest BCUT2D eigenvalue weighted by Crippen LogP contribution is -2.30. The number of fused-ring (bicyclic) bond motifs is 1. The molecule has 0 bridgehead atoms. The summed E-state index contributed by atoms with van der Waals surface area (Å²) in [7, 11) is 0. The van der Waals surface area contributed by atoms with Crippen LogP contribution in [0.4, 0.5) is 11.8 Å². The molecule has 0 aliphatic heterocycles. The lowest BCUT2D eigenvalue weighted by molar-refractivity contribution is -0.131. The Labute approximate surface area is 181 Å². The molecule has 0 unspecified atom stereocenters. The van der Waals surface area contributed by atoms with E-state index in [9.17, 15) is 9.90 Å². The Kier molecular flexibility index (Phi) is 7.01. The zero-order valence-corrected chi connectivity index (χ0v) is 18.5. The number of hydrogen-bond acceptors (Lipinski definition) is 9. The third kappa shape index (κ3) is 5.46. The predicted molar refractivity (Wildman–Crippen MR) is 118 cm³/mol. The standard InChI is InChI=1S/C21H29N7O3/c1-12(2)17(11-29)23-21-24-19(18-20(25-21)28(13(3)4)27-26-18)22-10-15-7-6-8-16(9-15)31-14(5)30/h6-9,12-13,17,29H,10-11H2,1-5H3,(H2,22,23,24,25)/t17-/m0/s1. The van der Waals surface area contributed by atoms with Crippen LogP contribution in [0.25, 0.3) is 11.2 Å². The molecule has 0 amide bonds. The van der Waals surface area contributed by atoms with Gasteiger partial charge in [-0.2, -0.15) is 9.97 Å². The summed E-state index contributed by atoms with van der Waals surface area (Å²) in [5.41, 5.74) is 2.07. The normalized spacial score (nSPS) is 12.4. The molecular weight excluding hydrogens is 398 g/mol. The summed E-state index contributed by atoms with van der Waals surface area (Å²) in [5.74, 6) is 1.22. The molecule has 0 saturated carbocycles. The van der Waals surface area contributed by atoms with Crippen molar-refractivity contribution in [3.63, 3.8) is 0 Å². The van der Waals surface area contributed by atoms with Gasteiger partial charge in [-0.15, -0.1) is 5.10 Å². The first-order valence-corrected chi connectivity index (χ1v) is 10.3. The third-order valence-electron chi connectivity index (χ3n) is 4.75. The highest BCUT2D eigenvalue weighted by Crippen LogP contribution is 2.24. The molecule has 2 heterocycles. The first kappa shape index (κ1) is 22.4. The highest BCUT2D eigenvalue weighted by Gasteiger charge is 2.19. The quantitative estimate of drug-likeness (QED) is 0.349. The van der Waals surface area contributed by atoms with Crippen LogP contribution in [0, 0.1) is 5.92 Å². The third-order valence-corrected chi connectivity index (χ3v) is 4.75. The van der Waals surface area contributed by atoms with E-state index in [-0.39, 0.29) is 30.6 Å². The molecular formula is C21H29N7O3. The monoisotopic (exact) mass is 427 g/mol. The van der Waals surface area contributed by atoms with Crippen LogP contribution in [-0.2, 0) is 11.3 Å². The zero-order valence-electron chi connectivity index (χ0n) is 18.5. The van der Waals surface area contributed by atoms with Crippen LogP contribution in [0.1, 0.15) is 46.2 Å². The van der Waals surface area contributed by atoms with Gasteiger partial charge in [0.15, 0.2) is 17.0 Å². The van der Waals surface area contributed by atoms with E-state index in [2.05, 4.69) is 30.9 Å². The number of anilines is 2. The molecule has 0 radical (unpaired) electrons. The number of carbonyl (C=O) groups excluding carboxylic acids is 1. The van der Waals surface area contributed by atoms with Crippen LogP contribution in [0.5, 0.6) is 5.75 Å². The van der Waals surface area contributed by atoms with Crippen LogP contribution in [0.2, 0.25) is 0 Å². The molecule has 166 valence electrons. The summed E-state index contributed by atoms with van der Waals surface area (Å²) < 4.78 is 6.89. The summed E-state index contributed by atoms with van der Waals surface area (Å²) in [4.78, 5) is 20.4. The van der Waals surface area contributed by atoms with Gasteiger partial charge in [0.2, 0.25) is 5.95 Å². The van der Waals surface area contributed by atoms with Gasteiger partial charge < -0.3 is 20.5 Å². The Morgan fingerprint density at radius 3 is 2.65 bits per heavy atom. The number of rotatable bonds is 9. The Bertz CT molecular complexity index is 1050. The van der Waals surface area contributed by atoms with Crippen molar-refractivity contribution in [1.82, 2.24) is 25.0 Å². The molecule has 3 rings (SSSR count). The van der Waals surface area contributed by atoms with Crippen LogP contribution in [-0.4, -0.2) is 48.7 Å². The summed E-state index contributed by atoms with van der Waals surface area (Å²) in [6, 6.07) is 7.14. The fourth-order valence-electron chi connectivity index (χ4n) is 3.03. The second-order valence-electron chi connectivity index (χ2n) is 7.97. The number of aromatic nitrogens is 5. The van der Waals surface area contributed by atoms with E-state index >= 15 is 0 Å². The van der Waals surface area contributed by atoms with Gasteiger partial charge in [-0.25, -0.2) is 4.68 Å². The van der Waals surface area contributed by atoms with Crippen molar-refractivity contribution in [2.24, 2.45) is 5.92 Å². The molecule has 0 aliphatic carbocycles. The fraction of sp³-hybridized carbons (Fsp3) is 0.476. The number of aliphatic hydroxyl groups is 1. The molecule has 0 saturated heterocycles. The second kappa shape index (κ2) is 9.69. The lowest BCUT2D eigenvalue weighted by Gasteiger charge is -2.20. The number of nitrogens with one attached hydrogen (secondary N) is 2. The average Bonchev–Trinajstić information content (AvgIpc) is 3.14. The van der Waals surface area contributed by atoms with Gasteiger partial charge in [-0.05, 0) is 37.5 Å². The first-order valence-electron chi connectivity index (χ1n) is 10.3. The second-order valence-corrected chi connectivity index (χ2v) is 7.97. The van der Waals surface area contributed by atoms with Gasteiger partial charge in [-0.1, -0.05) is 31.2 Å². The Morgan fingerprint density at radius 1 is 1.23 bits per heavy atom. The highest BCUT2D eigenvalue weighted by molar-refractivity contribution is 5.83. The van der Waals surface area contributed by atoms with Gasteiger partial charge in [0, 0.05) is 13.5 Å². The van der Waals surface area contributed by atoms with Gasteiger partial charge in [0.25, 0.3) is 0 Å². The molecule has 3 N–H and O–H groups in total.